The lowest BCUT2D eigenvalue weighted by molar-refractivity contribution is 0.474. The molecule has 0 aromatic heterocycles. The summed E-state index contributed by atoms with van der Waals surface area (Å²) in [6.45, 7) is 8.36. The van der Waals surface area contributed by atoms with Gasteiger partial charge in [-0.3, -0.25) is 0 Å². The van der Waals surface area contributed by atoms with Crippen molar-refractivity contribution in [2.24, 2.45) is 0 Å². The third-order valence-electron chi connectivity index (χ3n) is 2.66. The fourth-order valence-electron chi connectivity index (χ4n) is 1.77. The molecule has 110 valence electrons. The minimum atomic E-state index is -3.56. The van der Waals surface area contributed by atoms with Gasteiger partial charge in [-0.05, 0) is 40.7 Å². The van der Waals surface area contributed by atoms with Crippen LogP contribution < -0.4 is 5.32 Å². The van der Waals surface area contributed by atoms with E-state index in [2.05, 4.69) is 34.4 Å². The van der Waals surface area contributed by atoms with Crippen LogP contribution in [0.4, 0.5) is 0 Å². The van der Waals surface area contributed by atoms with Crippen molar-refractivity contribution in [3.8, 4) is 0 Å². The highest BCUT2D eigenvalue weighted by atomic mass is 79.9. The summed E-state index contributed by atoms with van der Waals surface area (Å²) in [6, 6.07) is 5.22. The van der Waals surface area contributed by atoms with Gasteiger partial charge in [0.2, 0.25) is 10.0 Å². The predicted molar refractivity (Wildman–Crippen MR) is 86.1 cm³/mol. The van der Waals surface area contributed by atoms with Crippen LogP contribution in [0.5, 0.6) is 0 Å². The van der Waals surface area contributed by atoms with Gasteiger partial charge in [-0.25, -0.2) is 8.42 Å². The van der Waals surface area contributed by atoms with Gasteiger partial charge in [0.25, 0.3) is 0 Å². The summed E-state index contributed by atoms with van der Waals surface area (Å²) in [4.78, 5) is 0.251. The van der Waals surface area contributed by atoms with Crippen molar-refractivity contribution < 1.29 is 8.42 Å². The Morgan fingerprint density at radius 1 is 1.30 bits per heavy atom. The summed E-state index contributed by atoms with van der Waals surface area (Å²) in [7, 11) is -1.72. The van der Waals surface area contributed by atoms with Gasteiger partial charge < -0.3 is 5.32 Å². The molecular weight excluding hydrogens is 340 g/mol. The van der Waals surface area contributed by atoms with E-state index in [0.717, 1.165) is 5.56 Å². The maximum Gasteiger partial charge on any atom is 0.244 e. The van der Waals surface area contributed by atoms with Gasteiger partial charge in [0.15, 0.2) is 0 Å². The van der Waals surface area contributed by atoms with Crippen LogP contribution in [0.2, 0.25) is 0 Å². The fraction of sp³-hybridized carbons (Fsp3) is 0.286. The van der Waals surface area contributed by atoms with E-state index in [4.69, 9.17) is 0 Å². The maximum absolute atomic E-state index is 12.6. The van der Waals surface area contributed by atoms with Crippen LogP contribution in [0.3, 0.4) is 0 Å². The molecule has 1 rings (SSSR count). The van der Waals surface area contributed by atoms with E-state index in [9.17, 15) is 8.42 Å². The van der Waals surface area contributed by atoms with E-state index in [-0.39, 0.29) is 18.0 Å². The molecule has 0 aliphatic heterocycles. The molecule has 0 aliphatic carbocycles. The standard InChI is InChI=1S/C14H19BrN2O2S/c1-4-8-17(9-5-2)20(18,19)14-7-6-12(11-16-3)10-13(14)15/h4-7,10,16H,1-2,8-9,11H2,3H3. The zero-order valence-corrected chi connectivity index (χ0v) is 13.9. The van der Waals surface area contributed by atoms with E-state index < -0.39 is 10.0 Å². The van der Waals surface area contributed by atoms with Gasteiger partial charge in [-0.15, -0.1) is 13.2 Å². The normalized spacial score (nSPS) is 11.6. The first-order valence-corrected chi connectivity index (χ1v) is 8.35. The monoisotopic (exact) mass is 358 g/mol. The lowest BCUT2D eigenvalue weighted by Crippen LogP contribution is -2.31. The molecule has 0 aliphatic rings. The third kappa shape index (κ3) is 4.02. The van der Waals surface area contributed by atoms with Crippen molar-refractivity contribution in [2.45, 2.75) is 11.4 Å². The summed E-state index contributed by atoms with van der Waals surface area (Å²) >= 11 is 3.34. The van der Waals surface area contributed by atoms with Crippen LogP contribution in [-0.4, -0.2) is 32.9 Å². The van der Waals surface area contributed by atoms with Gasteiger partial charge in [0.05, 0.1) is 4.90 Å². The molecule has 0 heterocycles. The Morgan fingerprint density at radius 3 is 2.35 bits per heavy atom. The number of hydrogen-bond donors (Lipinski definition) is 1. The molecular formula is C14H19BrN2O2S. The second-order valence-electron chi connectivity index (χ2n) is 4.19. The lowest BCUT2D eigenvalue weighted by Gasteiger charge is -2.20. The molecule has 1 N–H and O–H groups in total. The molecule has 1 aromatic rings. The smallest absolute Gasteiger partial charge is 0.244 e. The van der Waals surface area contributed by atoms with Crippen LogP contribution >= 0.6 is 15.9 Å². The summed E-state index contributed by atoms with van der Waals surface area (Å²) in [6.07, 6.45) is 3.12. The topological polar surface area (TPSA) is 49.4 Å². The van der Waals surface area contributed by atoms with Gasteiger partial charge in [-0.1, -0.05) is 18.2 Å². The summed E-state index contributed by atoms with van der Waals surface area (Å²) in [5.74, 6) is 0. The number of nitrogens with one attached hydrogen (secondary N) is 1. The van der Waals surface area contributed by atoms with Gasteiger partial charge in [0, 0.05) is 24.1 Å². The molecule has 0 atom stereocenters. The predicted octanol–water partition coefficient (Wildman–Crippen LogP) is 2.53. The first-order chi connectivity index (χ1) is 9.47. The lowest BCUT2D eigenvalue weighted by atomic mass is 10.2. The zero-order chi connectivity index (χ0) is 15.2. The SMILES string of the molecule is C=CCN(CC=C)S(=O)(=O)c1ccc(CNC)cc1Br. The number of hydrogen-bond acceptors (Lipinski definition) is 3. The molecule has 0 bridgehead atoms. The molecule has 4 nitrogen and oxygen atoms in total. The van der Waals surface area contributed by atoms with Crippen molar-refractivity contribution >= 4 is 26.0 Å². The van der Waals surface area contributed by atoms with E-state index in [1.165, 1.54) is 4.31 Å². The van der Waals surface area contributed by atoms with Crippen LogP contribution in [0, 0.1) is 0 Å². The molecule has 20 heavy (non-hydrogen) atoms. The Labute approximate surface area is 129 Å². The van der Waals surface area contributed by atoms with Gasteiger partial charge in [-0.2, -0.15) is 4.31 Å². The van der Waals surface area contributed by atoms with Crippen molar-refractivity contribution in [3.05, 3.63) is 53.5 Å². The van der Waals surface area contributed by atoms with Crippen LogP contribution in [-0.2, 0) is 16.6 Å². The number of sulfonamides is 1. The first kappa shape index (κ1) is 17.1. The van der Waals surface area contributed by atoms with Crippen LogP contribution in [0.15, 0.2) is 52.9 Å². The molecule has 0 spiro atoms. The second-order valence-corrected chi connectivity index (χ2v) is 6.96. The third-order valence-corrected chi connectivity index (χ3v) is 5.47. The highest BCUT2D eigenvalue weighted by molar-refractivity contribution is 9.10. The summed E-state index contributed by atoms with van der Waals surface area (Å²) < 4.78 is 27.1. The van der Waals surface area contributed by atoms with Gasteiger partial charge >= 0.3 is 0 Å². The van der Waals surface area contributed by atoms with E-state index in [1.807, 2.05) is 13.1 Å². The van der Waals surface area contributed by atoms with Crippen LogP contribution in [0.25, 0.3) is 0 Å². The minimum Gasteiger partial charge on any atom is -0.316 e. The van der Waals surface area contributed by atoms with E-state index in [0.29, 0.717) is 11.0 Å². The number of halogens is 1. The Kier molecular flexibility index (Phi) is 6.61. The number of benzene rings is 1. The fourth-order valence-corrected chi connectivity index (χ4v) is 4.23. The molecule has 1 aromatic carbocycles. The average Bonchev–Trinajstić information content (AvgIpc) is 2.38. The molecule has 0 unspecified atom stereocenters. The average molecular weight is 359 g/mol. The second kappa shape index (κ2) is 7.73. The Balaban J connectivity index is 3.19. The molecule has 0 amide bonds. The number of nitrogens with zero attached hydrogens (tertiary/aromatic N) is 1. The van der Waals surface area contributed by atoms with E-state index in [1.54, 1.807) is 24.3 Å². The van der Waals surface area contributed by atoms with Gasteiger partial charge in [0.1, 0.15) is 0 Å². The maximum atomic E-state index is 12.6. The van der Waals surface area contributed by atoms with Crippen molar-refractivity contribution in [1.82, 2.24) is 9.62 Å². The van der Waals surface area contributed by atoms with E-state index >= 15 is 0 Å². The summed E-state index contributed by atoms with van der Waals surface area (Å²) in [5.41, 5.74) is 1.01. The Bertz CT molecular complexity index is 575. The van der Waals surface area contributed by atoms with Crippen molar-refractivity contribution in [2.75, 3.05) is 20.1 Å². The van der Waals surface area contributed by atoms with Crippen molar-refractivity contribution in [1.29, 1.82) is 0 Å². The quantitative estimate of drug-likeness (QED) is 0.726. The Hall–Kier alpha value is -0.950. The zero-order valence-electron chi connectivity index (χ0n) is 11.5. The molecule has 0 radical (unpaired) electrons. The molecule has 6 heteroatoms. The molecule has 0 saturated carbocycles. The largest absolute Gasteiger partial charge is 0.316 e. The highest BCUT2D eigenvalue weighted by Crippen LogP contribution is 2.26. The van der Waals surface area contributed by atoms with Crippen LogP contribution in [0.1, 0.15) is 5.56 Å². The minimum absolute atomic E-state index is 0.249. The Morgan fingerprint density at radius 2 is 1.90 bits per heavy atom. The first-order valence-electron chi connectivity index (χ1n) is 6.12. The highest BCUT2D eigenvalue weighted by Gasteiger charge is 2.24. The van der Waals surface area contributed by atoms with Crippen molar-refractivity contribution in [3.63, 3.8) is 0 Å². The molecule has 0 saturated heterocycles. The summed E-state index contributed by atoms with van der Waals surface area (Å²) in [5, 5.41) is 3.03. The molecule has 0 fully saturated rings. The number of rotatable bonds is 8.